The number of rotatable bonds is 4. The molecule has 2 heterocycles. The van der Waals surface area contributed by atoms with Gasteiger partial charge < -0.3 is 5.32 Å². The fourth-order valence-electron chi connectivity index (χ4n) is 2.30. The molecule has 0 unspecified atom stereocenters. The molecule has 0 fully saturated rings. The number of nitrogens with one attached hydrogen (secondary N) is 1. The molecule has 0 radical (unpaired) electrons. The maximum atomic E-state index is 12.2. The molecular weight excluding hydrogens is 300 g/mol. The minimum absolute atomic E-state index is 0.146. The molecule has 0 saturated carbocycles. The molecule has 3 aromatic rings. The number of thiophene rings is 2. The van der Waals surface area contributed by atoms with Crippen LogP contribution in [-0.2, 0) is 0 Å². The zero-order valence-electron chi connectivity index (χ0n) is 11.6. The minimum atomic E-state index is -0.403. The van der Waals surface area contributed by atoms with Crippen LogP contribution >= 0.6 is 22.7 Å². The molecule has 1 N–H and O–H groups in total. The van der Waals surface area contributed by atoms with Gasteiger partial charge in [-0.2, -0.15) is 5.26 Å². The molecule has 1 atom stereocenters. The topological polar surface area (TPSA) is 52.9 Å². The van der Waals surface area contributed by atoms with Gasteiger partial charge in [0.05, 0.1) is 15.6 Å². The molecule has 3 rings (SSSR count). The number of carbonyl (C=O) groups excluding carboxylic acids is 1. The molecule has 1 amide bonds. The summed E-state index contributed by atoms with van der Waals surface area (Å²) < 4.78 is 3.53. The van der Waals surface area contributed by atoms with Gasteiger partial charge in [-0.25, -0.2) is 0 Å². The Kier molecular flexibility index (Phi) is 3.91. The van der Waals surface area contributed by atoms with Crippen LogP contribution in [0.4, 0.5) is 0 Å². The monoisotopic (exact) mass is 314 g/mol. The summed E-state index contributed by atoms with van der Waals surface area (Å²) in [5.41, 5.74) is 0. The van der Waals surface area contributed by atoms with Crippen LogP contribution in [0.5, 0.6) is 0 Å². The predicted molar refractivity (Wildman–Crippen MR) is 89.0 cm³/mol. The lowest BCUT2D eigenvalue weighted by Crippen LogP contribution is -2.33. The first-order chi connectivity index (χ1) is 10.2. The van der Waals surface area contributed by atoms with E-state index in [1.54, 1.807) is 11.3 Å². The van der Waals surface area contributed by atoms with E-state index in [0.717, 1.165) is 15.8 Å². The second-order valence-electron chi connectivity index (χ2n) is 4.85. The molecule has 0 aliphatic rings. The van der Waals surface area contributed by atoms with Gasteiger partial charge in [0.15, 0.2) is 0 Å². The molecular formula is C16H14N2OS2. The highest BCUT2D eigenvalue weighted by atomic mass is 32.1. The molecule has 0 saturated heterocycles. The molecule has 1 aromatic carbocycles. The van der Waals surface area contributed by atoms with Gasteiger partial charge in [0.2, 0.25) is 0 Å². The summed E-state index contributed by atoms with van der Waals surface area (Å²) in [4.78, 5) is 12.9. The largest absolute Gasteiger partial charge is 0.336 e. The maximum absolute atomic E-state index is 12.2. The smallest absolute Gasteiger partial charge is 0.262 e. The van der Waals surface area contributed by atoms with Crippen LogP contribution in [-0.4, -0.2) is 11.9 Å². The standard InChI is InChI=1S/C16H14N2OS2/c1-2-5-10(9-17)18-16(19)14-8-13-15(21-14)11-6-3-4-7-12(11)20-13/h3-4,6-8,10H,2,5H2,1H3,(H,18,19)/t10-/m1/s1. The lowest BCUT2D eigenvalue weighted by Gasteiger charge is -2.08. The summed E-state index contributed by atoms with van der Waals surface area (Å²) in [7, 11) is 0. The summed E-state index contributed by atoms with van der Waals surface area (Å²) in [6.45, 7) is 2.00. The van der Waals surface area contributed by atoms with E-state index in [1.165, 1.54) is 21.4 Å². The van der Waals surface area contributed by atoms with E-state index >= 15 is 0 Å². The Morgan fingerprint density at radius 2 is 2.14 bits per heavy atom. The van der Waals surface area contributed by atoms with Crippen molar-refractivity contribution < 1.29 is 4.79 Å². The third-order valence-corrected chi connectivity index (χ3v) is 5.73. The Balaban J connectivity index is 1.91. The van der Waals surface area contributed by atoms with Crippen molar-refractivity contribution >= 4 is 48.1 Å². The molecule has 21 heavy (non-hydrogen) atoms. The van der Waals surface area contributed by atoms with E-state index in [1.807, 2.05) is 25.1 Å². The molecule has 3 nitrogen and oxygen atoms in total. The summed E-state index contributed by atoms with van der Waals surface area (Å²) in [5.74, 6) is -0.146. The van der Waals surface area contributed by atoms with Crippen molar-refractivity contribution in [3.63, 3.8) is 0 Å². The maximum Gasteiger partial charge on any atom is 0.262 e. The fraction of sp³-hybridized carbons (Fsp3) is 0.250. The zero-order chi connectivity index (χ0) is 14.8. The average molecular weight is 314 g/mol. The normalized spacial score (nSPS) is 12.4. The molecule has 0 bridgehead atoms. The van der Waals surface area contributed by atoms with Gasteiger partial charge in [0.1, 0.15) is 6.04 Å². The van der Waals surface area contributed by atoms with E-state index < -0.39 is 6.04 Å². The molecule has 2 aromatic heterocycles. The Hall–Kier alpha value is -1.90. The second kappa shape index (κ2) is 5.84. The first-order valence-corrected chi connectivity index (χ1v) is 8.47. The van der Waals surface area contributed by atoms with E-state index in [2.05, 4.69) is 23.5 Å². The van der Waals surface area contributed by atoms with Crippen LogP contribution in [0.2, 0.25) is 0 Å². The number of benzene rings is 1. The van der Waals surface area contributed by atoms with Gasteiger partial charge in [-0.15, -0.1) is 22.7 Å². The second-order valence-corrected chi connectivity index (χ2v) is 6.98. The van der Waals surface area contributed by atoms with Gasteiger partial charge in [0, 0.05) is 14.8 Å². The van der Waals surface area contributed by atoms with Gasteiger partial charge in [-0.05, 0) is 18.6 Å². The number of hydrogen-bond donors (Lipinski definition) is 1. The molecule has 0 aliphatic carbocycles. The van der Waals surface area contributed by atoms with Crippen molar-refractivity contribution in [3.05, 3.63) is 35.2 Å². The van der Waals surface area contributed by atoms with Crippen LogP contribution in [0.3, 0.4) is 0 Å². The number of carbonyl (C=O) groups is 1. The van der Waals surface area contributed by atoms with Crippen LogP contribution < -0.4 is 5.32 Å². The Labute approximate surface area is 130 Å². The van der Waals surface area contributed by atoms with Crippen LogP contribution in [0.15, 0.2) is 30.3 Å². The zero-order valence-corrected chi connectivity index (χ0v) is 13.2. The van der Waals surface area contributed by atoms with Crippen molar-refractivity contribution in [1.82, 2.24) is 5.32 Å². The third-order valence-electron chi connectivity index (χ3n) is 3.31. The summed E-state index contributed by atoms with van der Waals surface area (Å²) in [6, 6.07) is 11.9. The van der Waals surface area contributed by atoms with Gasteiger partial charge in [0.25, 0.3) is 5.91 Å². The van der Waals surface area contributed by atoms with Crippen LogP contribution in [0.25, 0.3) is 19.5 Å². The Bertz CT molecular complexity index is 841. The lowest BCUT2D eigenvalue weighted by atomic mass is 10.2. The first-order valence-electron chi connectivity index (χ1n) is 6.84. The average Bonchev–Trinajstić information content (AvgIpc) is 3.04. The highest BCUT2D eigenvalue weighted by Crippen LogP contribution is 2.39. The van der Waals surface area contributed by atoms with Crippen molar-refractivity contribution in [1.29, 1.82) is 5.26 Å². The van der Waals surface area contributed by atoms with Crippen LogP contribution in [0.1, 0.15) is 29.4 Å². The summed E-state index contributed by atoms with van der Waals surface area (Å²) in [6.07, 6.45) is 1.56. The van der Waals surface area contributed by atoms with Crippen molar-refractivity contribution in [3.8, 4) is 6.07 Å². The Morgan fingerprint density at radius 3 is 2.90 bits per heavy atom. The SMILES string of the molecule is CCC[C@H](C#N)NC(=O)c1cc2sc3ccccc3c2s1. The summed E-state index contributed by atoms with van der Waals surface area (Å²) >= 11 is 3.20. The quantitative estimate of drug-likeness (QED) is 0.768. The number of hydrogen-bond acceptors (Lipinski definition) is 4. The molecule has 0 spiro atoms. The molecule has 106 valence electrons. The number of amides is 1. The summed E-state index contributed by atoms with van der Waals surface area (Å²) in [5, 5.41) is 13.0. The van der Waals surface area contributed by atoms with Gasteiger partial charge in [-0.1, -0.05) is 31.5 Å². The van der Waals surface area contributed by atoms with E-state index in [4.69, 9.17) is 5.26 Å². The van der Waals surface area contributed by atoms with E-state index in [-0.39, 0.29) is 5.91 Å². The van der Waals surface area contributed by atoms with Gasteiger partial charge >= 0.3 is 0 Å². The van der Waals surface area contributed by atoms with E-state index in [9.17, 15) is 4.79 Å². The van der Waals surface area contributed by atoms with Crippen molar-refractivity contribution in [2.75, 3.05) is 0 Å². The number of fused-ring (bicyclic) bond motifs is 3. The molecule has 0 aliphatic heterocycles. The highest BCUT2D eigenvalue weighted by molar-refractivity contribution is 7.33. The Morgan fingerprint density at radius 1 is 1.33 bits per heavy atom. The molecule has 5 heteroatoms. The van der Waals surface area contributed by atoms with Crippen molar-refractivity contribution in [2.24, 2.45) is 0 Å². The van der Waals surface area contributed by atoms with Crippen molar-refractivity contribution in [2.45, 2.75) is 25.8 Å². The number of nitriles is 1. The predicted octanol–water partition coefficient (Wildman–Crippen LogP) is 4.54. The third kappa shape index (κ3) is 2.65. The van der Waals surface area contributed by atoms with Crippen LogP contribution in [0, 0.1) is 11.3 Å². The minimum Gasteiger partial charge on any atom is -0.336 e. The fourth-order valence-corrected chi connectivity index (χ4v) is 4.73. The first kappa shape index (κ1) is 14.1. The highest BCUT2D eigenvalue weighted by Gasteiger charge is 2.17. The number of nitrogens with zero attached hydrogens (tertiary/aromatic N) is 1. The van der Waals surface area contributed by atoms with E-state index in [0.29, 0.717) is 11.3 Å². The lowest BCUT2D eigenvalue weighted by molar-refractivity contribution is 0.0948. The van der Waals surface area contributed by atoms with Gasteiger partial charge in [-0.3, -0.25) is 4.79 Å².